The fraction of sp³-hybridized carbons (Fsp3) is 0.625. The Labute approximate surface area is 107 Å². The van der Waals surface area contributed by atoms with Crippen molar-refractivity contribution in [2.75, 3.05) is 7.05 Å². The fourth-order valence-corrected chi connectivity index (χ4v) is 1.96. The van der Waals surface area contributed by atoms with E-state index in [1.807, 2.05) is 0 Å². The van der Waals surface area contributed by atoms with Gasteiger partial charge in [0.2, 0.25) is 0 Å². The van der Waals surface area contributed by atoms with Crippen molar-refractivity contribution in [1.29, 1.82) is 0 Å². The summed E-state index contributed by atoms with van der Waals surface area (Å²) in [5.74, 6) is 0. The molecular formula is C16H27N. The Bertz CT molecular complexity index is 318. The van der Waals surface area contributed by atoms with E-state index < -0.39 is 0 Å². The van der Waals surface area contributed by atoms with Crippen LogP contribution < -0.4 is 5.32 Å². The second kappa shape index (κ2) is 6.20. The highest BCUT2D eigenvalue weighted by Gasteiger charge is 2.14. The van der Waals surface area contributed by atoms with Crippen LogP contribution in [0.2, 0.25) is 0 Å². The maximum Gasteiger partial charge on any atom is 0.0105 e. The third kappa shape index (κ3) is 5.88. The van der Waals surface area contributed by atoms with E-state index in [-0.39, 0.29) is 0 Å². The Balaban J connectivity index is 2.49. The second-order valence-electron chi connectivity index (χ2n) is 6.27. The first-order chi connectivity index (χ1) is 7.90. The first-order valence-electron chi connectivity index (χ1n) is 6.63. The zero-order valence-electron chi connectivity index (χ0n) is 12.0. The van der Waals surface area contributed by atoms with Gasteiger partial charge >= 0.3 is 0 Å². The second-order valence-corrected chi connectivity index (χ2v) is 6.27. The number of aryl methyl sites for hydroxylation is 1. The standard InChI is InChI=1S/C16H27N/c1-13-6-8-14(9-7-13)12-15(17-5)10-11-16(2,3)4/h6-9,15,17H,10-12H2,1-5H3. The molecule has 0 amide bonds. The van der Waals surface area contributed by atoms with Crippen molar-refractivity contribution in [3.05, 3.63) is 35.4 Å². The highest BCUT2D eigenvalue weighted by Crippen LogP contribution is 2.22. The highest BCUT2D eigenvalue weighted by molar-refractivity contribution is 5.22. The first-order valence-corrected chi connectivity index (χ1v) is 6.63. The predicted molar refractivity (Wildman–Crippen MR) is 76.4 cm³/mol. The van der Waals surface area contributed by atoms with Crippen LogP contribution in [0.25, 0.3) is 0 Å². The summed E-state index contributed by atoms with van der Waals surface area (Å²) < 4.78 is 0. The third-order valence-electron chi connectivity index (χ3n) is 3.25. The summed E-state index contributed by atoms with van der Waals surface area (Å²) in [5.41, 5.74) is 3.20. The van der Waals surface area contributed by atoms with E-state index >= 15 is 0 Å². The molecule has 0 bridgehead atoms. The van der Waals surface area contributed by atoms with Crippen LogP contribution in [-0.4, -0.2) is 13.1 Å². The summed E-state index contributed by atoms with van der Waals surface area (Å²) in [6.07, 6.45) is 3.64. The first kappa shape index (κ1) is 14.2. The lowest BCUT2D eigenvalue weighted by molar-refractivity contribution is 0.334. The zero-order chi connectivity index (χ0) is 12.9. The largest absolute Gasteiger partial charge is 0.317 e. The molecule has 1 aromatic carbocycles. The molecule has 17 heavy (non-hydrogen) atoms. The van der Waals surface area contributed by atoms with E-state index in [1.54, 1.807) is 0 Å². The van der Waals surface area contributed by atoms with Gasteiger partial charge in [0.25, 0.3) is 0 Å². The lowest BCUT2D eigenvalue weighted by Gasteiger charge is -2.23. The molecule has 1 rings (SSSR count). The lowest BCUT2D eigenvalue weighted by Crippen LogP contribution is -2.28. The molecule has 0 fully saturated rings. The van der Waals surface area contributed by atoms with Crippen molar-refractivity contribution >= 4 is 0 Å². The molecule has 0 saturated carbocycles. The predicted octanol–water partition coefficient (Wildman–Crippen LogP) is 3.95. The number of rotatable bonds is 5. The van der Waals surface area contributed by atoms with Gasteiger partial charge in [0.15, 0.2) is 0 Å². The van der Waals surface area contributed by atoms with Gasteiger partial charge in [-0.2, -0.15) is 0 Å². The monoisotopic (exact) mass is 233 g/mol. The minimum atomic E-state index is 0.433. The molecule has 0 heterocycles. The van der Waals surface area contributed by atoms with Crippen LogP contribution in [0.1, 0.15) is 44.7 Å². The van der Waals surface area contributed by atoms with Crippen LogP contribution in [0.4, 0.5) is 0 Å². The quantitative estimate of drug-likeness (QED) is 0.812. The Hall–Kier alpha value is -0.820. The molecule has 0 aliphatic carbocycles. The van der Waals surface area contributed by atoms with Gasteiger partial charge in [-0.1, -0.05) is 50.6 Å². The van der Waals surface area contributed by atoms with Crippen LogP contribution >= 0.6 is 0 Å². The summed E-state index contributed by atoms with van der Waals surface area (Å²) in [6, 6.07) is 9.49. The molecule has 1 heteroatoms. The molecule has 0 aliphatic heterocycles. The summed E-state index contributed by atoms with van der Waals surface area (Å²) in [5, 5.41) is 3.44. The van der Waals surface area contributed by atoms with E-state index in [1.165, 1.54) is 24.0 Å². The Morgan fingerprint density at radius 3 is 2.18 bits per heavy atom. The molecule has 1 nitrogen and oxygen atoms in total. The maximum absolute atomic E-state index is 3.44. The normalized spacial score (nSPS) is 13.7. The van der Waals surface area contributed by atoms with Crippen LogP contribution in [-0.2, 0) is 6.42 Å². The molecule has 1 aromatic rings. The van der Waals surface area contributed by atoms with Gasteiger partial charge in [-0.25, -0.2) is 0 Å². The number of likely N-dealkylation sites (N-methyl/N-ethyl adjacent to an activating group) is 1. The van der Waals surface area contributed by atoms with Crippen molar-refractivity contribution < 1.29 is 0 Å². The van der Waals surface area contributed by atoms with Gasteiger partial charge < -0.3 is 5.32 Å². The summed E-state index contributed by atoms with van der Waals surface area (Å²) in [7, 11) is 2.07. The summed E-state index contributed by atoms with van der Waals surface area (Å²) in [6.45, 7) is 9.07. The summed E-state index contributed by atoms with van der Waals surface area (Å²) in [4.78, 5) is 0. The van der Waals surface area contributed by atoms with Gasteiger partial charge in [0, 0.05) is 6.04 Å². The minimum absolute atomic E-state index is 0.433. The SMILES string of the molecule is CNC(CCC(C)(C)C)Cc1ccc(C)cc1. The van der Waals surface area contributed by atoms with Crippen molar-refractivity contribution in [3.63, 3.8) is 0 Å². The van der Waals surface area contributed by atoms with Crippen molar-refractivity contribution in [2.45, 2.75) is 53.0 Å². The van der Waals surface area contributed by atoms with Crippen molar-refractivity contribution in [1.82, 2.24) is 5.32 Å². The van der Waals surface area contributed by atoms with Crippen LogP contribution in [0.3, 0.4) is 0 Å². The van der Waals surface area contributed by atoms with Gasteiger partial charge in [-0.15, -0.1) is 0 Å². The molecule has 1 N–H and O–H groups in total. The van der Waals surface area contributed by atoms with Gasteiger partial charge in [-0.05, 0) is 44.2 Å². The molecule has 0 aliphatic rings. The topological polar surface area (TPSA) is 12.0 Å². The van der Waals surface area contributed by atoms with E-state index in [0.717, 1.165) is 6.42 Å². The smallest absolute Gasteiger partial charge is 0.0105 e. The molecule has 0 spiro atoms. The van der Waals surface area contributed by atoms with Crippen LogP contribution in [0.15, 0.2) is 24.3 Å². The molecule has 1 unspecified atom stereocenters. The van der Waals surface area contributed by atoms with Crippen molar-refractivity contribution in [2.24, 2.45) is 5.41 Å². The minimum Gasteiger partial charge on any atom is -0.317 e. The maximum atomic E-state index is 3.44. The molecule has 0 radical (unpaired) electrons. The zero-order valence-corrected chi connectivity index (χ0v) is 12.0. The van der Waals surface area contributed by atoms with Crippen molar-refractivity contribution in [3.8, 4) is 0 Å². The number of benzene rings is 1. The Kier molecular flexibility index (Phi) is 5.20. The Morgan fingerprint density at radius 2 is 1.71 bits per heavy atom. The molecule has 96 valence electrons. The van der Waals surface area contributed by atoms with E-state index in [9.17, 15) is 0 Å². The Morgan fingerprint density at radius 1 is 1.12 bits per heavy atom. The lowest BCUT2D eigenvalue weighted by atomic mass is 9.87. The van der Waals surface area contributed by atoms with E-state index in [2.05, 4.69) is 64.3 Å². The van der Waals surface area contributed by atoms with E-state index in [0.29, 0.717) is 11.5 Å². The number of hydrogen-bond donors (Lipinski definition) is 1. The fourth-order valence-electron chi connectivity index (χ4n) is 1.96. The molecular weight excluding hydrogens is 206 g/mol. The van der Waals surface area contributed by atoms with E-state index in [4.69, 9.17) is 0 Å². The van der Waals surface area contributed by atoms with Gasteiger partial charge in [0.05, 0.1) is 0 Å². The van der Waals surface area contributed by atoms with Crippen LogP contribution in [0.5, 0.6) is 0 Å². The number of hydrogen-bond acceptors (Lipinski definition) is 1. The number of nitrogens with one attached hydrogen (secondary N) is 1. The summed E-state index contributed by atoms with van der Waals surface area (Å²) >= 11 is 0. The molecule has 0 aromatic heterocycles. The average molecular weight is 233 g/mol. The van der Waals surface area contributed by atoms with Crippen LogP contribution in [0, 0.1) is 12.3 Å². The van der Waals surface area contributed by atoms with Gasteiger partial charge in [-0.3, -0.25) is 0 Å². The highest BCUT2D eigenvalue weighted by atomic mass is 14.9. The third-order valence-corrected chi connectivity index (χ3v) is 3.25. The average Bonchev–Trinajstić information content (AvgIpc) is 2.25. The molecule has 0 saturated heterocycles. The molecule has 1 atom stereocenters. The van der Waals surface area contributed by atoms with Gasteiger partial charge in [0.1, 0.15) is 0 Å².